The molecule has 1 fully saturated rings. The van der Waals surface area contributed by atoms with Crippen LogP contribution >= 0.6 is 11.6 Å². The van der Waals surface area contributed by atoms with Crippen molar-refractivity contribution in [1.82, 2.24) is 0 Å². The Bertz CT molecular complexity index is 74.9. The van der Waals surface area contributed by atoms with E-state index in [2.05, 4.69) is 0 Å². The predicted molar refractivity (Wildman–Crippen MR) is 34.1 cm³/mol. The molecule has 0 aliphatic heterocycles. The zero-order valence-corrected chi connectivity index (χ0v) is 5.56. The number of aliphatic hydroxyl groups is 1. The Hall–Kier alpha value is 0.250. The average Bonchev–Trinajstić information content (AvgIpc) is 2.14. The van der Waals surface area contributed by atoms with E-state index >= 15 is 0 Å². The summed E-state index contributed by atoms with van der Waals surface area (Å²) in [4.78, 5) is 0. The highest BCUT2D eigenvalue weighted by molar-refractivity contribution is 6.20. The van der Waals surface area contributed by atoms with Crippen LogP contribution in [0.25, 0.3) is 0 Å². The smallest absolute Gasteiger partial charge is 0.0459 e. The lowest BCUT2D eigenvalue weighted by Crippen LogP contribution is -1.99. The monoisotopic (exact) mass is 134 g/mol. The van der Waals surface area contributed by atoms with Crippen LogP contribution in [0.3, 0.4) is 0 Å². The van der Waals surface area contributed by atoms with Crippen molar-refractivity contribution in [1.29, 1.82) is 0 Å². The lowest BCUT2D eigenvalue weighted by atomic mass is 10.1. The molecule has 0 saturated heterocycles. The van der Waals surface area contributed by atoms with Crippen LogP contribution in [-0.4, -0.2) is 17.1 Å². The summed E-state index contributed by atoms with van der Waals surface area (Å²) in [5, 5.41) is 8.97. The number of hydrogen-bond donors (Lipinski definition) is 1. The fraction of sp³-hybridized carbons (Fsp3) is 1.00. The topological polar surface area (TPSA) is 20.2 Å². The van der Waals surface area contributed by atoms with Crippen LogP contribution in [0.4, 0.5) is 0 Å². The summed E-state index contributed by atoms with van der Waals surface area (Å²) in [6.45, 7) is 0.323. The van der Waals surface area contributed by atoms with Crippen LogP contribution in [-0.2, 0) is 0 Å². The van der Waals surface area contributed by atoms with E-state index in [-0.39, 0.29) is 0 Å². The van der Waals surface area contributed by atoms with Crippen LogP contribution < -0.4 is 0 Å². The Labute approximate surface area is 54.7 Å². The van der Waals surface area contributed by atoms with Crippen molar-refractivity contribution in [2.45, 2.75) is 24.6 Å². The highest BCUT2D eigenvalue weighted by Crippen LogP contribution is 2.28. The molecule has 1 saturated carbocycles. The first-order chi connectivity index (χ1) is 3.83. The summed E-state index contributed by atoms with van der Waals surface area (Å²) >= 11 is 5.77. The molecule has 1 nitrogen and oxygen atoms in total. The third-order valence-electron chi connectivity index (χ3n) is 1.74. The fourth-order valence-electron chi connectivity index (χ4n) is 1.18. The number of halogens is 1. The molecule has 1 N–H and O–H groups in total. The molecular formula is C6H11ClO. The molecule has 1 aliphatic carbocycles. The van der Waals surface area contributed by atoms with Crippen molar-refractivity contribution in [3.63, 3.8) is 0 Å². The van der Waals surface area contributed by atoms with Gasteiger partial charge in [-0.3, -0.25) is 0 Å². The Morgan fingerprint density at radius 3 is 2.50 bits per heavy atom. The molecule has 8 heavy (non-hydrogen) atoms. The fourth-order valence-corrected chi connectivity index (χ4v) is 1.56. The maximum atomic E-state index is 8.63. The van der Waals surface area contributed by atoms with E-state index in [1.54, 1.807) is 0 Å². The van der Waals surface area contributed by atoms with Crippen LogP contribution in [0, 0.1) is 5.92 Å². The first-order valence-electron chi connectivity index (χ1n) is 3.08. The molecule has 1 aliphatic rings. The molecule has 0 bridgehead atoms. The van der Waals surface area contributed by atoms with Gasteiger partial charge in [0, 0.05) is 12.0 Å². The first-order valence-corrected chi connectivity index (χ1v) is 3.51. The maximum Gasteiger partial charge on any atom is 0.0459 e. The molecule has 0 amide bonds. The van der Waals surface area contributed by atoms with Crippen LogP contribution in [0.5, 0.6) is 0 Å². The van der Waals surface area contributed by atoms with Gasteiger partial charge in [0.1, 0.15) is 0 Å². The molecule has 0 aromatic carbocycles. The number of hydrogen-bond acceptors (Lipinski definition) is 1. The van der Waals surface area contributed by atoms with Gasteiger partial charge in [-0.15, -0.1) is 11.6 Å². The van der Waals surface area contributed by atoms with Crippen molar-refractivity contribution >= 4 is 11.6 Å². The molecule has 2 atom stereocenters. The molecule has 48 valence electrons. The Kier molecular flexibility index (Phi) is 2.15. The minimum absolute atomic E-state index is 0.323. The van der Waals surface area contributed by atoms with Crippen LogP contribution in [0.2, 0.25) is 0 Å². The molecule has 0 radical (unpaired) electrons. The Balaban J connectivity index is 2.22. The van der Waals surface area contributed by atoms with Crippen molar-refractivity contribution in [2.24, 2.45) is 5.92 Å². The maximum absolute atomic E-state index is 8.63. The summed E-state index contributed by atoms with van der Waals surface area (Å²) in [7, 11) is 0. The third kappa shape index (κ3) is 1.36. The molecule has 0 aromatic heterocycles. The van der Waals surface area contributed by atoms with Crippen molar-refractivity contribution in [2.75, 3.05) is 6.61 Å². The lowest BCUT2D eigenvalue weighted by Gasteiger charge is -2.00. The summed E-state index contributed by atoms with van der Waals surface area (Å²) in [5.74, 6) is 0.498. The summed E-state index contributed by atoms with van der Waals surface area (Å²) in [6.07, 6.45) is 3.22. The van der Waals surface area contributed by atoms with Gasteiger partial charge >= 0.3 is 0 Å². The summed E-state index contributed by atoms with van der Waals surface area (Å²) < 4.78 is 0. The van der Waals surface area contributed by atoms with Gasteiger partial charge in [0.2, 0.25) is 0 Å². The molecule has 2 heteroatoms. The molecule has 1 rings (SSSR count). The van der Waals surface area contributed by atoms with E-state index in [1.807, 2.05) is 0 Å². The average molecular weight is 135 g/mol. The number of aliphatic hydroxyl groups excluding tert-OH is 1. The molecule has 0 aromatic rings. The van der Waals surface area contributed by atoms with E-state index in [0.717, 1.165) is 19.3 Å². The van der Waals surface area contributed by atoms with Gasteiger partial charge in [0.05, 0.1) is 0 Å². The molecule has 0 heterocycles. The number of alkyl halides is 1. The molecule has 0 spiro atoms. The van der Waals surface area contributed by atoms with Crippen LogP contribution in [0.15, 0.2) is 0 Å². The second kappa shape index (κ2) is 2.70. The standard InChI is InChI=1S/C6H11ClO/c7-6-2-1-5(3-6)4-8/h5-6,8H,1-4H2/t5-,6+/m0/s1. The van der Waals surface area contributed by atoms with Crippen molar-refractivity contribution in [3.8, 4) is 0 Å². The van der Waals surface area contributed by atoms with Gasteiger partial charge in [-0.1, -0.05) is 0 Å². The van der Waals surface area contributed by atoms with Gasteiger partial charge < -0.3 is 5.11 Å². The van der Waals surface area contributed by atoms with Gasteiger partial charge in [0.25, 0.3) is 0 Å². The van der Waals surface area contributed by atoms with E-state index in [9.17, 15) is 0 Å². The minimum Gasteiger partial charge on any atom is -0.396 e. The van der Waals surface area contributed by atoms with E-state index in [0.29, 0.717) is 17.9 Å². The zero-order valence-electron chi connectivity index (χ0n) is 4.81. The second-order valence-electron chi connectivity index (χ2n) is 2.46. The largest absolute Gasteiger partial charge is 0.396 e. The number of rotatable bonds is 1. The SMILES string of the molecule is OC[C@H]1CC[C@@H](Cl)C1. The lowest BCUT2D eigenvalue weighted by molar-refractivity contribution is 0.230. The van der Waals surface area contributed by atoms with Gasteiger partial charge in [0.15, 0.2) is 0 Å². The summed E-state index contributed by atoms with van der Waals surface area (Å²) in [5.41, 5.74) is 0. The molecular weight excluding hydrogens is 124 g/mol. The Morgan fingerprint density at radius 1 is 1.50 bits per heavy atom. The van der Waals surface area contributed by atoms with Gasteiger partial charge in [-0.25, -0.2) is 0 Å². The normalized spacial score (nSPS) is 38.2. The predicted octanol–water partition coefficient (Wildman–Crippen LogP) is 1.39. The zero-order chi connectivity index (χ0) is 5.98. The van der Waals surface area contributed by atoms with Crippen LogP contribution in [0.1, 0.15) is 19.3 Å². The van der Waals surface area contributed by atoms with E-state index < -0.39 is 0 Å². The highest BCUT2D eigenvalue weighted by atomic mass is 35.5. The molecule has 0 unspecified atom stereocenters. The van der Waals surface area contributed by atoms with Crippen molar-refractivity contribution < 1.29 is 5.11 Å². The highest BCUT2D eigenvalue weighted by Gasteiger charge is 2.21. The van der Waals surface area contributed by atoms with Gasteiger partial charge in [-0.05, 0) is 25.2 Å². The van der Waals surface area contributed by atoms with E-state index in [4.69, 9.17) is 16.7 Å². The quantitative estimate of drug-likeness (QED) is 0.538. The third-order valence-corrected chi connectivity index (χ3v) is 2.13. The van der Waals surface area contributed by atoms with Gasteiger partial charge in [-0.2, -0.15) is 0 Å². The van der Waals surface area contributed by atoms with Crippen molar-refractivity contribution in [3.05, 3.63) is 0 Å². The summed E-state index contributed by atoms with van der Waals surface area (Å²) in [6, 6.07) is 0. The first kappa shape index (κ1) is 6.37. The van der Waals surface area contributed by atoms with E-state index in [1.165, 1.54) is 0 Å². The Morgan fingerprint density at radius 2 is 2.25 bits per heavy atom. The second-order valence-corrected chi connectivity index (χ2v) is 3.08. The minimum atomic E-state index is 0.323.